The van der Waals surface area contributed by atoms with E-state index in [0.29, 0.717) is 13.2 Å². The molecule has 0 aliphatic carbocycles. The Balaban J connectivity index is 0.00000312. The fourth-order valence-corrected chi connectivity index (χ4v) is 3.38. The van der Waals surface area contributed by atoms with Crippen LogP contribution in [0.5, 0.6) is 5.75 Å². The zero-order valence-corrected chi connectivity index (χ0v) is 19.0. The van der Waals surface area contributed by atoms with E-state index in [1.807, 2.05) is 24.3 Å². The second-order valence-electron chi connectivity index (χ2n) is 5.00. The van der Waals surface area contributed by atoms with Gasteiger partial charge in [-0.1, -0.05) is 6.07 Å². The second kappa shape index (κ2) is 12.5. The predicted octanol–water partition coefficient (Wildman–Crippen LogP) is 4.73. The molecule has 0 aliphatic rings. The first-order valence-corrected chi connectivity index (χ1v) is 9.31. The van der Waals surface area contributed by atoms with Crippen molar-refractivity contribution in [1.82, 2.24) is 5.32 Å². The maximum absolute atomic E-state index is 5.71. The highest BCUT2D eigenvalue weighted by Crippen LogP contribution is 2.20. The quantitative estimate of drug-likeness (QED) is 0.220. The number of aliphatic imine (C=N–C) groups is 1. The average Bonchev–Trinajstić information content (AvgIpc) is 3.01. The highest BCUT2D eigenvalue weighted by molar-refractivity contribution is 14.0. The summed E-state index contributed by atoms with van der Waals surface area (Å²) in [7, 11) is 3.45. The van der Waals surface area contributed by atoms with Gasteiger partial charge in [0.15, 0.2) is 5.96 Å². The van der Waals surface area contributed by atoms with Crippen molar-refractivity contribution >= 4 is 62.9 Å². The highest BCUT2D eigenvalue weighted by Gasteiger charge is 2.03. The van der Waals surface area contributed by atoms with Gasteiger partial charge in [-0.3, -0.25) is 4.99 Å². The van der Waals surface area contributed by atoms with Gasteiger partial charge in [-0.15, -0.1) is 35.3 Å². The molecule has 0 unspecified atom stereocenters. The number of guanidine groups is 1. The van der Waals surface area contributed by atoms with Crippen LogP contribution in [-0.2, 0) is 11.3 Å². The summed E-state index contributed by atoms with van der Waals surface area (Å²) in [4.78, 5) is 5.49. The number of nitrogens with zero attached hydrogens (tertiary/aromatic N) is 1. The molecule has 8 heteroatoms. The molecule has 0 fully saturated rings. The minimum atomic E-state index is 0. The zero-order chi connectivity index (χ0) is 17.2. The Morgan fingerprint density at radius 2 is 2.12 bits per heavy atom. The van der Waals surface area contributed by atoms with E-state index < -0.39 is 0 Å². The first-order chi connectivity index (χ1) is 11.7. The summed E-state index contributed by atoms with van der Waals surface area (Å²) in [6.07, 6.45) is 0.869. The molecule has 2 aromatic rings. The molecule has 138 valence electrons. The maximum Gasteiger partial charge on any atom is 0.195 e. The summed E-state index contributed by atoms with van der Waals surface area (Å²) in [5.41, 5.74) is 0.930. The molecule has 1 aromatic heterocycles. The van der Waals surface area contributed by atoms with Gasteiger partial charge < -0.3 is 20.1 Å². The van der Waals surface area contributed by atoms with E-state index >= 15 is 0 Å². The van der Waals surface area contributed by atoms with Crippen molar-refractivity contribution in [2.75, 3.05) is 32.7 Å². The summed E-state index contributed by atoms with van der Waals surface area (Å²) < 4.78 is 11.8. The van der Waals surface area contributed by atoms with Gasteiger partial charge >= 0.3 is 0 Å². The molecule has 0 saturated carbocycles. The van der Waals surface area contributed by atoms with Crippen LogP contribution in [0.4, 0.5) is 5.69 Å². The fourth-order valence-electron chi connectivity index (χ4n) is 1.99. The van der Waals surface area contributed by atoms with Crippen molar-refractivity contribution in [2.24, 2.45) is 4.99 Å². The van der Waals surface area contributed by atoms with Crippen molar-refractivity contribution in [3.05, 3.63) is 45.1 Å². The van der Waals surface area contributed by atoms with Crippen LogP contribution in [0, 0.1) is 0 Å². The number of hydrogen-bond donors (Lipinski definition) is 2. The summed E-state index contributed by atoms with van der Waals surface area (Å²) in [6, 6.07) is 9.94. The third-order valence-corrected chi connectivity index (χ3v) is 4.83. The molecule has 1 aromatic carbocycles. The van der Waals surface area contributed by atoms with Crippen LogP contribution in [0.1, 0.15) is 11.3 Å². The van der Waals surface area contributed by atoms with Crippen molar-refractivity contribution in [2.45, 2.75) is 13.0 Å². The Morgan fingerprint density at radius 3 is 2.80 bits per heavy atom. The molecule has 2 rings (SSSR count). The van der Waals surface area contributed by atoms with Crippen LogP contribution in [0.3, 0.4) is 0 Å². The van der Waals surface area contributed by atoms with Gasteiger partial charge in [0, 0.05) is 53.7 Å². The van der Waals surface area contributed by atoms with E-state index in [0.717, 1.165) is 34.8 Å². The molecule has 0 radical (unpaired) electrons. The fraction of sp³-hybridized carbons (Fsp3) is 0.353. The Bertz CT molecular complexity index is 667. The van der Waals surface area contributed by atoms with Crippen molar-refractivity contribution in [3.63, 3.8) is 0 Å². The second-order valence-corrected chi connectivity index (χ2v) is 6.92. The largest absolute Gasteiger partial charge is 0.493 e. The van der Waals surface area contributed by atoms with Crippen LogP contribution in [0.2, 0.25) is 0 Å². The number of ether oxygens (including phenoxy) is 2. The lowest BCUT2D eigenvalue weighted by Gasteiger charge is -2.12. The molecular formula is C17H23BrIN3O2S. The van der Waals surface area contributed by atoms with Crippen molar-refractivity contribution < 1.29 is 9.47 Å². The van der Waals surface area contributed by atoms with Crippen LogP contribution in [0.25, 0.3) is 0 Å². The monoisotopic (exact) mass is 539 g/mol. The SMILES string of the molecule is CN=C(NCc1cc(Br)cs1)Nc1cccc(OCCCOC)c1.I. The number of rotatable bonds is 8. The molecule has 0 bridgehead atoms. The normalized spacial score (nSPS) is 10.9. The van der Waals surface area contributed by atoms with E-state index in [1.165, 1.54) is 4.88 Å². The predicted molar refractivity (Wildman–Crippen MR) is 120 cm³/mol. The lowest BCUT2D eigenvalue weighted by molar-refractivity contribution is 0.172. The van der Waals surface area contributed by atoms with Gasteiger partial charge in [-0.25, -0.2) is 0 Å². The van der Waals surface area contributed by atoms with Gasteiger partial charge in [0.25, 0.3) is 0 Å². The van der Waals surface area contributed by atoms with Crippen LogP contribution in [-0.4, -0.2) is 33.3 Å². The van der Waals surface area contributed by atoms with E-state index in [-0.39, 0.29) is 24.0 Å². The Hall–Kier alpha value is -0.840. The Morgan fingerprint density at radius 1 is 1.28 bits per heavy atom. The number of halogens is 2. The smallest absolute Gasteiger partial charge is 0.195 e. The lowest BCUT2D eigenvalue weighted by atomic mass is 10.3. The minimum absolute atomic E-state index is 0. The third kappa shape index (κ3) is 8.39. The topological polar surface area (TPSA) is 54.9 Å². The summed E-state index contributed by atoms with van der Waals surface area (Å²) in [6.45, 7) is 2.06. The maximum atomic E-state index is 5.71. The van der Waals surface area contributed by atoms with Gasteiger partial charge in [-0.2, -0.15) is 0 Å². The van der Waals surface area contributed by atoms with E-state index in [9.17, 15) is 0 Å². The van der Waals surface area contributed by atoms with E-state index in [1.54, 1.807) is 25.5 Å². The molecule has 5 nitrogen and oxygen atoms in total. The molecule has 0 atom stereocenters. The average molecular weight is 540 g/mol. The number of benzene rings is 1. The Kier molecular flexibility index (Phi) is 11.1. The van der Waals surface area contributed by atoms with Crippen molar-refractivity contribution in [1.29, 1.82) is 0 Å². The molecule has 25 heavy (non-hydrogen) atoms. The van der Waals surface area contributed by atoms with Crippen LogP contribution >= 0.6 is 51.2 Å². The van der Waals surface area contributed by atoms with Crippen LogP contribution in [0.15, 0.2) is 45.2 Å². The van der Waals surface area contributed by atoms with E-state index in [2.05, 4.69) is 43.0 Å². The van der Waals surface area contributed by atoms with Crippen LogP contribution < -0.4 is 15.4 Å². The zero-order valence-electron chi connectivity index (χ0n) is 14.3. The van der Waals surface area contributed by atoms with Gasteiger partial charge in [0.05, 0.1) is 13.2 Å². The van der Waals surface area contributed by atoms with Gasteiger partial charge in [0.1, 0.15) is 5.75 Å². The third-order valence-electron chi connectivity index (χ3n) is 3.13. The van der Waals surface area contributed by atoms with E-state index in [4.69, 9.17) is 9.47 Å². The standard InChI is InChI=1S/C17H22BrN3O2S.HI/c1-19-17(20-11-16-9-13(18)12-24-16)21-14-5-3-6-15(10-14)23-8-4-7-22-2;/h3,5-6,9-10,12H,4,7-8,11H2,1-2H3,(H2,19,20,21);1H. The minimum Gasteiger partial charge on any atom is -0.493 e. The number of thiophene rings is 1. The summed E-state index contributed by atoms with van der Waals surface area (Å²) in [5, 5.41) is 8.64. The molecule has 2 N–H and O–H groups in total. The number of nitrogens with one attached hydrogen (secondary N) is 2. The molecule has 0 amide bonds. The highest BCUT2D eigenvalue weighted by atomic mass is 127. The van der Waals surface area contributed by atoms with Gasteiger partial charge in [-0.05, 0) is 34.1 Å². The lowest BCUT2D eigenvalue weighted by Crippen LogP contribution is -2.29. The molecule has 1 heterocycles. The summed E-state index contributed by atoms with van der Waals surface area (Å²) >= 11 is 5.16. The molecule has 0 spiro atoms. The van der Waals surface area contributed by atoms with Gasteiger partial charge in [0.2, 0.25) is 0 Å². The summed E-state index contributed by atoms with van der Waals surface area (Å²) in [5.74, 6) is 1.55. The molecular weight excluding hydrogens is 517 g/mol. The number of hydrogen-bond acceptors (Lipinski definition) is 4. The number of methoxy groups -OCH3 is 1. The van der Waals surface area contributed by atoms with Crippen molar-refractivity contribution in [3.8, 4) is 5.75 Å². The Labute approximate surface area is 178 Å². The molecule has 0 saturated heterocycles. The first kappa shape index (κ1) is 22.2. The molecule has 0 aliphatic heterocycles. The first-order valence-electron chi connectivity index (χ1n) is 7.63. The number of anilines is 1.